The van der Waals surface area contributed by atoms with Gasteiger partial charge in [-0.2, -0.15) is 5.10 Å². The number of piperidine rings is 1. The van der Waals surface area contributed by atoms with Crippen LogP contribution in [0.15, 0.2) is 36.5 Å². The van der Waals surface area contributed by atoms with E-state index < -0.39 is 0 Å². The fraction of sp³-hybridized carbons (Fsp3) is 0.500. The van der Waals surface area contributed by atoms with Gasteiger partial charge in [0.25, 0.3) is 5.91 Å². The van der Waals surface area contributed by atoms with Crippen molar-refractivity contribution in [2.45, 2.75) is 57.0 Å². The molecule has 7 nitrogen and oxygen atoms in total. The van der Waals surface area contributed by atoms with Crippen molar-refractivity contribution in [1.29, 1.82) is 0 Å². The number of amides is 1. The molecule has 29 heavy (non-hydrogen) atoms. The van der Waals surface area contributed by atoms with Crippen LogP contribution in [0.5, 0.6) is 0 Å². The van der Waals surface area contributed by atoms with Crippen LogP contribution in [-0.2, 0) is 0 Å². The van der Waals surface area contributed by atoms with Crippen LogP contribution < -0.4 is 10.6 Å². The summed E-state index contributed by atoms with van der Waals surface area (Å²) in [5.41, 5.74) is 2.46. The molecule has 2 aromatic heterocycles. The second kappa shape index (κ2) is 7.99. The molecule has 0 spiro atoms. The Morgan fingerprint density at radius 2 is 1.86 bits per heavy atom. The molecule has 1 unspecified atom stereocenters. The van der Waals surface area contributed by atoms with Gasteiger partial charge in [-0.25, -0.2) is 4.98 Å². The molecule has 1 aromatic carbocycles. The smallest absolute Gasteiger partial charge is 0.278 e. The largest absolute Gasteiger partial charge is 0.315 e. The Kier molecular flexibility index (Phi) is 5.06. The summed E-state index contributed by atoms with van der Waals surface area (Å²) in [5, 5.41) is 11.0. The Balaban J connectivity index is 1.41. The molecule has 3 aromatic rings. The first-order valence-corrected chi connectivity index (χ1v) is 10.8. The van der Waals surface area contributed by atoms with Gasteiger partial charge in [-0.05, 0) is 50.4 Å². The van der Waals surface area contributed by atoms with Gasteiger partial charge in [-0.1, -0.05) is 31.4 Å². The van der Waals surface area contributed by atoms with Gasteiger partial charge in [-0.3, -0.25) is 14.8 Å². The van der Waals surface area contributed by atoms with Gasteiger partial charge in [0.1, 0.15) is 0 Å². The molecule has 1 aliphatic carbocycles. The quantitative estimate of drug-likeness (QED) is 0.706. The molecule has 1 saturated carbocycles. The van der Waals surface area contributed by atoms with E-state index >= 15 is 0 Å². The average Bonchev–Trinajstić information content (AvgIpc) is 3.40. The van der Waals surface area contributed by atoms with Gasteiger partial charge in [0.05, 0.1) is 17.1 Å². The molecule has 3 heterocycles. The number of nitrogens with zero attached hydrogens (tertiary/aromatic N) is 4. The summed E-state index contributed by atoms with van der Waals surface area (Å²) in [6, 6.07) is 10.6. The lowest BCUT2D eigenvalue weighted by Crippen LogP contribution is -2.32. The molecule has 1 saturated heterocycles. The fourth-order valence-corrected chi connectivity index (χ4v) is 4.73. The maximum atomic E-state index is 13.0. The van der Waals surface area contributed by atoms with Crippen LogP contribution in [0.25, 0.3) is 11.0 Å². The summed E-state index contributed by atoms with van der Waals surface area (Å²) in [6.45, 7) is 1.96. The van der Waals surface area contributed by atoms with E-state index in [-0.39, 0.29) is 5.91 Å². The Labute approximate surface area is 170 Å². The number of hydrogen-bond donors (Lipinski definition) is 2. The van der Waals surface area contributed by atoms with Gasteiger partial charge in [-0.15, -0.1) is 0 Å². The molecule has 0 bridgehead atoms. The fourth-order valence-electron chi connectivity index (χ4n) is 4.73. The van der Waals surface area contributed by atoms with Gasteiger partial charge in [0, 0.05) is 18.8 Å². The maximum Gasteiger partial charge on any atom is 0.278 e. The normalized spacial score (nSPS) is 20.8. The summed E-state index contributed by atoms with van der Waals surface area (Å²) < 4.78 is 4.15. The van der Waals surface area contributed by atoms with Crippen LogP contribution in [0.3, 0.4) is 0 Å². The summed E-state index contributed by atoms with van der Waals surface area (Å²) >= 11 is 0. The van der Waals surface area contributed by atoms with Crippen LogP contribution >= 0.6 is 0 Å². The van der Waals surface area contributed by atoms with Crippen molar-refractivity contribution in [3.05, 3.63) is 42.2 Å². The number of carbonyl (C=O) groups is 1. The molecule has 152 valence electrons. The standard InChI is InChI=1S/C22H28N6O/c29-21(19-12-14-27(26-19)17-9-6-13-23-15-17)25-22-24-18-10-4-5-11-20(18)28(22)16-7-2-1-3-8-16/h4-5,10-12,14,16-17,23H,1-3,6-9,13,15H2,(H,24,25,29). The molecule has 5 rings (SSSR count). The molecule has 1 amide bonds. The summed E-state index contributed by atoms with van der Waals surface area (Å²) in [6.07, 6.45) is 10.1. The third-order valence-corrected chi connectivity index (χ3v) is 6.25. The monoisotopic (exact) mass is 392 g/mol. The van der Waals surface area contributed by atoms with Crippen molar-refractivity contribution >= 4 is 22.9 Å². The second-order valence-corrected chi connectivity index (χ2v) is 8.22. The van der Waals surface area contributed by atoms with E-state index in [1.165, 1.54) is 19.3 Å². The molecule has 2 fully saturated rings. The van der Waals surface area contributed by atoms with Crippen LogP contribution in [0.2, 0.25) is 0 Å². The highest BCUT2D eigenvalue weighted by molar-refractivity contribution is 6.02. The minimum atomic E-state index is -0.195. The molecular weight excluding hydrogens is 364 g/mol. The minimum absolute atomic E-state index is 0.195. The number of imidazole rings is 1. The first-order valence-electron chi connectivity index (χ1n) is 10.8. The van der Waals surface area contributed by atoms with Gasteiger partial charge in [0.2, 0.25) is 5.95 Å². The molecule has 1 aliphatic heterocycles. The number of rotatable bonds is 4. The minimum Gasteiger partial charge on any atom is -0.315 e. The number of nitrogens with one attached hydrogen (secondary N) is 2. The van der Waals surface area contributed by atoms with Crippen molar-refractivity contribution in [1.82, 2.24) is 24.6 Å². The van der Waals surface area contributed by atoms with E-state index in [1.807, 2.05) is 29.1 Å². The highest BCUT2D eigenvalue weighted by Gasteiger charge is 2.24. The zero-order valence-corrected chi connectivity index (χ0v) is 16.7. The molecular formula is C22H28N6O. The highest BCUT2D eigenvalue weighted by atomic mass is 16.2. The van der Waals surface area contributed by atoms with Crippen LogP contribution in [0.4, 0.5) is 5.95 Å². The Morgan fingerprint density at radius 3 is 2.69 bits per heavy atom. The van der Waals surface area contributed by atoms with Crippen LogP contribution in [0, 0.1) is 0 Å². The van der Waals surface area contributed by atoms with Gasteiger partial charge < -0.3 is 9.88 Å². The number of fused-ring (bicyclic) bond motifs is 1. The van der Waals surface area contributed by atoms with Gasteiger partial charge in [0.15, 0.2) is 5.69 Å². The number of aromatic nitrogens is 4. The number of benzene rings is 1. The van der Waals surface area contributed by atoms with Crippen LogP contribution in [0.1, 0.15) is 67.5 Å². The molecule has 0 radical (unpaired) electrons. The second-order valence-electron chi connectivity index (χ2n) is 8.22. The lowest BCUT2D eigenvalue weighted by atomic mass is 9.95. The number of carbonyl (C=O) groups excluding carboxylic acids is 1. The number of anilines is 1. The topological polar surface area (TPSA) is 76.8 Å². The van der Waals surface area contributed by atoms with E-state index in [0.29, 0.717) is 23.7 Å². The zero-order valence-electron chi connectivity index (χ0n) is 16.7. The van der Waals surface area contributed by atoms with Crippen molar-refractivity contribution in [2.75, 3.05) is 18.4 Å². The predicted molar refractivity (Wildman–Crippen MR) is 113 cm³/mol. The molecule has 2 N–H and O–H groups in total. The molecule has 1 atom stereocenters. The lowest BCUT2D eigenvalue weighted by Gasteiger charge is -2.25. The third-order valence-electron chi connectivity index (χ3n) is 6.25. The maximum absolute atomic E-state index is 13.0. The van der Waals surface area contributed by atoms with Crippen molar-refractivity contribution in [2.24, 2.45) is 0 Å². The molecule has 7 heteroatoms. The predicted octanol–water partition coefficient (Wildman–Crippen LogP) is 3.91. The first-order chi connectivity index (χ1) is 14.3. The highest BCUT2D eigenvalue weighted by Crippen LogP contribution is 2.34. The number of hydrogen-bond acceptors (Lipinski definition) is 4. The third kappa shape index (κ3) is 3.67. The van der Waals surface area contributed by atoms with E-state index in [0.717, 1.165) is 49.8 Å². The number of para-hydroxylation sites is 2. The summed E-state index contributed by atoms with van der Waals surface area (Å²) in [7, 11) is 0. The van der Waals surface area contributed by atoms with Crippen LogP contribution in [-0.4, -0.2) is 38.3 Å². The van der Waals surface area contributed by atoms with Gasteiger partial charge >= 0.3 is 0 Å². The summed E-state index contributed by atoms with van der Waals surface area (Å²) in [4.78, 5) is 17.7. The Morgan fingerprint density at radius 1 is 1.03 bits per heavy atom. The van der Waals surface area contributed by atoms with Crippen molar-refractivity contribution in [3.63, 3.8) is 0 Å². The van der Waals surface area contributed by atoms with E-state index in [1.54, 1.807) is 6.07 Å². The first kappa shape index (κ1) is 18.4. The van der Waals surface area contributed by atoms with E-state index in [4.69, 9.17) is 4.98 Å². The van der Waals surface area contributed by atoms with Crippen molar-refractivity contribution < 1.29 is 4.79 Å². The SMILES string of the molecule is O=C(Nc1nc2ccccc2n1C1CCCCC1)c1ccn(C2CCCNC2)n1. The zero-order chi connectivity index (χ0) is 19.6. The van der Waals surface area contributed by atoms with Crippen molar-refractivity contribution in [3.8, 4) is 0 Å². The Bertz CT molecular complexity index is 994. The average molecular weight is 393 g/mol. The van der Waals surface area contributed by atoms with E-state index in [9.17, 15) is 4.79 Å². The van der Waals surface area contributed by atoms with E-state index in [2.05, 4.69) is 26.4 Å². The Hall–Kier alpha value is -2.67. The summed E-state index contributed by atoms with van der Waals surface area (Å²) in [5.74, 6) is 0.442. The lowest BCUT2D eigenvalue weighted by molar-refractivity contribution is 0.101. The molecule has 2 aliphatic rings.